The van der Waals surface area contributed by atoms with Crippen LogP contribution in [0.15, 0.2) is 18.2 Å². The number of aliphatic carboxylic acids is 1. The van der Waals surface area contributed by atoms with Crippen LogP contribution >= 0.6 is 0 Å². The van der Waals surface area contributed by atoms with Crippen molar-refractivity contribution in [1.29, 1.82) is 0 Å². The molecule has 0 bridgehead atoms. The highest BCUT2D eigenvalue weighted by Gasteiger charge is 2.25. The number of halogens is 2. The molecule has 0 amide bonds. The fourth-order valence-electron chi connectivity index (χ4n) is 1.82. The minimum atomic E-state index is -1.12. The number of hydrogen-bond donors (Lipinski definition) is 3. The lowest BCUT2D eigenvalue weighted by atomic mass is 9.93. The molecule has 0 aromatic heterocycles. The molecule has 0 saturated carbocycles. The van der Waals surface area contributed by atoms with E-state index in [1.807, 2.05) is 0 Å². The number of carboxylic acid groups (broad SMARTS) is 1. The largest absolute Gasteiger partial charge is 0.480 e. The second-order valence-corrected chi connectivity index (χ2v) is 4.66. The van der Waals surface area contributed by atoms with Crippen LogP contribution in [0, 0.1) is 17.6 Å². The third kappa shape index (κ3) is 4.25. The van der Waals surface area contributed by atoms with E-state index in [-0.39, 0.29) is 18.0 Å². The number of nitrogens with one attached hydrogen (secondary N) is 1. The number of aliphatic hydroxyl groups excluding tert-OH is 1. The molecule has 3 N–H and O–H groups in total. The molecule has 2 atom stereocenters. The Morgan fingerprint density at radius 2 is 1.95 bits per heavy atom. The van der Waals surface area contributed by atoms with E-state index in [1.54, 1.807) is 13.8 Å². The smallest absolute Gasteiger partial charge is 0.317 e. The molecule has 6 heteroatoms. The molecule has 0 radical (unpaired) electrons. The highest BCUT2D eigenvalue weighted by atomic mass is 19.2. The number of benzene rings is 1. The highest BCUT2D eigenvalue weighted by molar-refractivity contribution is 5.69. The number of aliphatic hydroxyl groups is 1. The van der Waals surface area contributed by atoms with Gasteiger partial charge in [-0.15, -0.1) is 0 Å². The van der Waals surface area contributed by atoms with Gasteiger partial charge >= 0.3 is 5.97 Å². The van der Waals surface area contributed by atoms with Crippen LogP contribution in [0.4, 0.5) is 8.78 Å². The van der Waals surface area contributed by atoms with Gasteiger partial charge in [0.1, 0.15) is 0 Å². The summed E-state index contributed by atoms with van der Waals surface area (Å²) in [5, 5.41) is 21.4. The van der Waals surface area contributed by atoms with Crippen LogP contribution < -0.4 is 5.32 Å². The van der Waals surface area contributed by atoms with Crippen molar-refractivity contribution in [1.82, 2.24) is 5.32 Å². The molecule has 0 aliphatic carbocycles. The number of rotatable bonds is 6. The van der Waals surface area contributed by atoms with Gasteiger partial charge in [-0.25, -0.2) is 8.78 Å². The fraction of sp³-hybridized carbons (Fsp3) is 0.462. The molecule has 19 heavy (non-hydrogen) atoms. The second kappa shape index (κ2) is 6.58. The zero-order valence-electron chi connectivity index (χ0n) is 10.7. The molecular formula is C13H17F2NO3. The summed E-state index contributed by atoms with van der Waals surface area (Å²) in [6.45, 7) is 3.27. The third-order valence-electron chi connectivity index (χ3n) is 2.83. The Hall–Kier alpha value is -1.53. The first-order valence-electron chi connectivity index (χ1n) is 5.91. The van der Waals surface area contributed by atoms with Crippen molar-refractivity contribution in [3.8, 4) is 0 Å². The van der Waals surface area contributed by atoms with Crippen molar-refractivity contribution in [2.45, 2.75) is 26.0 Å². The van der Waals surface area contributed by atoms with E-state index in [1.165, 1.54) is 6.07 Å². The zero-order chi connectivity index (χ0) is 14.6. The summed E-state index contributed by atoms with van der Waals surface area (Å²) in [7, 11) is 0. The molecular weight excluding hydrogens is 256 g/mol. The lowest BCUT2D eigenvalue weighted by Crippen LogP contribution is -2.41. The Morgan fingerprint density at radius 3 is 2.42 bits per heavy atom. The first-order valence-corrected chi connectivity index (χ1v) is 5.91. The summed E-state index contributed by atoms with van der Waals surface area (Å²) >= 11 is 0. The SMILES string of the molecule is CC(C)C(NCC(=O)O)C(O)c1ccc(F)c(F)c1. The number of carbonyl (C=O) groups is 1. The lowest BCUT2D eigenvalue weighted by Gasteiger charge is -2.27. The molecule has 2 unspecified atom stereocenters. The molecule has 0 aliphatic rings. The predicted octanol–water partition coefficient (Wildman–Crippen LogP) is 1.70. The molecule has 0 saturated heterocycles. The van der Waals surface area contributed by atoms with Crippen molar-refractivity contribution in [2.24, 2.45) is 5.92 Å². The van der Waals surface area contributed by atoms with Gasteiger partial charge in [0.05, 0.1) is 12.6 Å². The van der Waals surface area contributed by atoms with Crippen LogP contribution in [0.5, 0.6) is 0 Å². The minimum Gasteiger partial charge on any atom is -0.480 e. The van der Waals surface area contributed by atoms with Gasteiger partial charge in [-0.2, -0.15) is 0 Å². The maximum absolute atomic E-state index is 13.1. The van der Waals surface area contributed by atoms with Gasteiger partial charge in [0.25, 0.3) is 0 Å². The Balaban J connectivity index is 2.88. The number of hydrogen-bond acceptors (Lipinski definition) is 3. The van der Waals surface area contributed by atoms with Gasteiger partial charge in [-0.3, -0.25) is 4.79 Å². The molecule has 0 aliphatic heterocycles. The van der Waals surface area contributed by atoms with Crippen LogP contribution in [0.2, 0.25) is 0 Å². The summed E-state index contributed by atoms with van der Waals surface area (Å²) in [5.41, 5.74) is 0.204. The normalized spacial score (nSPS) is 14.4. The van der Waals surface area contributed by atoms with Crippen LogP contribution in [-0.4, -0.2) is 28.8 Å². The standard InChI is InChI=1S/C13H17F2NO3/c1-7(2)12(16-6-11(17)18)13(19)8-3-4-9(14)10(15)5-8/h3-5,7,12-13,16,19H,6H2,1-2H3,(H,17,18). The lowest BCUT2D eigenvalue weighted by molar-refractivity contribution is -0.136. The molecule has 1 rings (SSSR count). The zero-order valence-corrected chi connectivity index (χ0v) is 10.7. The average molecular weight is 273 g/mol. The van der Waals surface area contributed by atoms with E-state index in [0.717, 1.165) is 12.1 Å². The number of carboxylic acids is 1. The van der Waals surface area contributed by atoms with E-state index in [4.69, 9.17) is 5.11 Å². The summed E-state index contributed by atoms with van der Waals surface area (Å²) in [5.74, 6) is -3.17. The third-order valence-corrected chi connectivity index (χ3v) is 2.83. The topological polar surface area (TPSA) is 69.6 Å². The first-order chi connectivity index (χ1) is 8.82. The Labute approximate surface area is 110 Å². The molecule has 0 fully saturated rings. The summed E-state index contributed by atoms with van der Waals surface area (Å²) in [6, 6.07) is 2.56. The van der Waals surface area contributed by atoms with E-state index in [9.17, 15) is 18.7 Å². The molecule has 0 heterocycles. The summed E-state index contributed by atoms with van der Waals surface area (Å²) in [4.78, 5) is 10.5. The maximum Gasteiger partial charge on any atom is 0.317 e. The van der Waals surface area contributed by atoms with Crippen molar-refractivity contribution in [3.05, 3.63) is 35.4 Å². The predicted molar refractivity (Wildman–Crippen MR) is 65.6 cm³/mol. The van der Waals surface area contributed by atoms with Gasteiger partial charge in [0.2, 0.25) is 0 Å². The molecule has 106 valence electrons. The average Bonchev–Trinajstić information content (AvgIpc) is 2.31. The molecule has 1 aromatic carbocycles. The molecule has 1 aromatic rings. The van der Waals surface area contributed by atoms with Gasteiger partial charge in [0, 0.05) is 6.04 Å². The van der Waals surface area contributed by atoms with Crippen LogP contribution in [0.1, 0.15) is 25.5 Å². The molecule has 0 spiro atoms. The van der Waals surface area contributed by atoms with Crippen LogP contribution in [-0.2, 0) is 4.79 Å². The Kier molecular flexibility index (Phi) is 5.38. The van der Waals surface area contributed by atoms with Crippen molar-refractivity contribution < 1.29 is 23.8 Å². The maximum atomic E-state index is 13.1. The van der Waals surface area contributed by atoms with Crippen molar-refractivity contribution >= 4 is 5.97 Å². The summed E-state index contributed by atoms with van der Waals surface area (Å²) < 4.78 is 25.9. The van der Waals surface area contributed by atoms with E-state index in [0.29, 0.717) is 0 Å². The Bertz CT molecular complexity index is 452. The van der Waals surface area contributed by atoms with Gasteiger partial charge in [-0.05, 0) is 23.6 Å². The second-order valence-electron chi connectivity index (χ2n) is 4.66. The highest BCUT2D eigenvalue weighted by Crippen LogP contribution is 2.23. The fourth-order valence-corrected chi connectivity index (χ4v) is 1.82. The van der Waals surface area contributed by atoms with Crippen LogP contribution in [0.25, 0.3) is 0 Å². The Morgan fingerprint density at radius 1 is 1.32 bits per heavy atom. The van der Waals surface area contributed by atoms with Crippen molar-refractivity contribution in [2.75, 3.05) is 6.54 Å². The quantitative estimate of drug-likeness (QED) is 0.738. The first kappa shape index (κ1) is 15.5. The van der Waals surface area contributed by atoms with E-state index < -0.39 is 29.7 Å². The van der Waals surface area contributed by atoms with E-state index >= 15 is 0 Å². The molecule has 4 nitrogen and oxygen atoms in total. The van der Waals surface area contributed by atoms with E-state index in [2.05, 4.69) is 5.32 Å². The van der Waals surface area contributed by atoms with Gasteiger partial charge in [-0.1, -0.05) is 19.9 Å². The van der Waals surface area contributed by atoms with Crippen molar-refractivity contribution in [3.63, 3.8) is 0 Å². The monoisotopic (exact) mass is 273 g/mol. The van der Waals surface area contributed by atoms with Gasteiger partial charge < -0.3 is 15.5 Å². The van der Waals surface area contributed by atoms with Crippen LogP contribution in [0.3, 0.4) is 0 Å². The van der Waals surface area contributed by atoms with Gasteiger partial charge in [0.15, 0.2) is 11.6 Å². The summed E-state index contributed by atoms with van der Waals surface area (Å²) in [6.07, 6.45) is -1.12. The minimum absolute atomic E-state index is 0.0811.